The van der Waals surface area contributed by atoms with Gasteiger partial charge in [-0.3, -0.25) is 9.20 Å². The summed E-state index contributed by atoms with van der Waals surface area (Å²) in [7, 11) is 1.89. The molecule has 4 aromatic rings. The van der Waals surface area contributed by atoms with Gasteiger partial charge >= 0.3 is 6.18 Å². The van der Waals surface area contributed by atoms with E-state index in [1.807, 2.05) is 28.7 Å². The number of carbonyl (C=O) groups excluding carboxylic acids is 1. The van der Waals surface area contributed by atoms with Crippen LogP contribution in [0.25, 0.3) is 11.3 Å². The molecule has 33 heavy (non-hydrogen) atoms. The Hall–Kier alpha value is -3.56. The number of alkyl halides is 3. The van der Waals surface area contributed by atoms with E-state index in [1.54, 1.807) is 36.5 Å². The average Bonchev–Trinajstić information content (AvgIpc) is 3.45. The van der Waals surface area contributed by atoms with Gasteiger partial charge < -0.3 is 14.6 Å². The van der Waals surface area contributed by atoms with E-state index in [2.05, 4.69) is 15.3 Å². The lowest BCUT2D eigenvalue weighted by Crippen LogP contribution is -2.43. The first-order chi connectivity index (χ1) is 15.8. The maximum absolute atomic E-state index is 13.1. The van der Waals surface area contributed by atoms with E-state index < -0.39 is 11.9 Å². The fourth-order valence-electron chi connectivity index (χ4n) is 4.53. The topological polar surface area (TPSA) is 66.9 Å². The molecule has 1 saturated carbocycles. The quantitative estimate of drug-likeness (QED) is 0.500. The molecule has 4 aromatic heterocycles. The summed E-state index contributed by atoms with van der Waals surface area (Å²) in [5, 5.41) is 3.11. The van der Waals surface area contributed by atoms with Crippen molar-refractivity contribution in [3.05, 3.63) is 66.4 Å². The van der Waals surface area contributed by atoms with Crippen LogP contribution >= 0.6 is 0 Å². The predicted octanol–water partition coefficient (Wildman–Crippen LogP) is 4.18. The van der Waals surface area contributed by atoms with Gasteiger partial charge in [0.1, 0.15) is 17.1 Å². The van der Waals surface area contributed by atoms with Crippen molar-refractivity contribution in [1.82, 2.24) is 24.1 Å². The second-order valence-corrected chi connectivity index (χ2v) is 8.43. The van der Waals surface area contributed by atoms with E-state index in [4.69, 9.17) is 0 Å². The van der Waals surface area contributed by atoms with Crippen LogP contribution in [-0.2, 0) is 6.18 Å². The number of nitrogens with zero attached hydrogens (tertiary/aromatic N) is 5. The third-order valence-corrected chi connectivity index (χ3v) is 6.36. The highest BCUT2D eigenvalue weighted by Crippen LogP contribution is 2.31. The van der Waals surface area contributed by atoms with Crippen molar-refractivity contribution in [3.8, 4) is 0 Å². The number of halogens is 3. The van der Waals surface area contributed by atoms with E-state index in [1.165, 1.54) is 4.40 Å². The van der Waals surface area contributed by atoms with Gasteiger partial charge in [-0.1, -0.05) is 6.07 Å². The average molecular weight is 456 g/mol. The third kappa shape index (κ3) is 4.12. The van der Waals surface area contributed by atoms with Crippen molar-refractivity contribution in [1.29, 1.82) is 0 Å². The summed E-state index contributed by atoms with van der Waals surface area (Å²) in [6, 6.07) is 8.83. The molecule has 10 heteroatoms. The molecule has 7 nitrogen and oxygen atoms in total. The number of fused-ring (bicyclic) bond motifs is 2. The van der Waals surface area contributed by atoms with E-state index in [9.17, 15) is 18.0 Å². The molecule has 172 valence electrons. The number of aromatic nitrogens is 4. The van der Waals surface area contributed by atoms with Crippen LogP contribution in [0, 0.1) is 0 Å². The van der Waals surface area contributed by atoms with Gasteiger partial charge in [-0.25, -0.2) is 9.97 Å². The van der Waals surface area contributed by atoms with Crippen molar-refractivity contribution in [2.45, 2.75) is 43.9 Å². The molecule has 0 atom stereocenters. The monoisotopic (exact) mass is 456 g/mol. The highest BCUT2D eigenvalue weighted by Gasteiger charge is 2.34. The van der Waals surface area contributed by atoms with Crippen molar-refractivity contribution >= 4 is 23.0 Å². The lowest BCUT2D eigenvalue weighted by Gasteiger charge is -2.36. The smallest absolute Gasteiger partial charge is 0.358 e. The first kappa shape index (κ1) is 21.3. The van der Waals surface area contributed by atoms with Gasteiger partial charge in [0.15, 0.2) is 5.69 Å². The second-order valence-electron chi connectivity index (χ2n) is 8.43. The molecule has 1 fully saturated rings. The largest absolute Gasteiger partial charge is 0.434 e. The lowest BCUT2D eigenvalue weighted by molar-refractivity contribution is -0.140. The molecule has 0 bridgehead atoms. The molecule has 1 aliphatic rings. The SMILES string of the molecule is CN(c1cccc2nc(C(F)(F)F)cn12)C1CCC(NC(=O)c2ccn3ccnc3c2)CC1. The van der Waals surface area contributed by atoms with Gasteiger partial charge in [-0.15, -0.1) is 0 Å². The molecular formula is C23H23F3N6O. The minimum absolute atomic E-state index is 0.0546. The Morgan fingerprint density at radius 1 is 1.12 bits per heavy atom. The fourth-order valence-corrected chi connectivity index (χ4v) is 4.53. The van der Waals surface area contributed by atoms with Gasteiger partial charge in [0.05, 0.1) is 0 Å². The first-order valence-electron chi connectivity index (χ1n) is 10.8. The fraction of sp³-hybridized carbons (Fsp3) is 0.348. The standard InChI is InChI=1S/C23H23F3N6O/c1-30(21-4-2-3-19-29-18(14-32(19)21)23(24,25)26)17-7-5-16(6-8-17)28-22(33)15-9-11-31-12-10-27-20(31)13-15/h2-4,9-14,16-17H,5-8H2,1H3,(H,28,33). The molecule has 1 amide bonds. The van der Waals surface area contributed by atoms with Crippen molar-refractivity contribution in [3.63, 3.8) is 0 Å². The molecule has 0 radical (unpaired) electrons. The number of hydrogen-bond acceptors (Lipinski definition) is 4. The molecule has 4 heterocycles. The van der Waals surface area contributed by atoms with Crippen LogP contribution in [0.1, 0.15) is 41.7 Å². The second kappa shape index (κ2) is 8.09. The maximum atomic E-state index is 13.1. The number of hydrogen-bond donors (Lipinski definition) is 1. The highest BCUT2D eigenvalue weighted by molar-refractivity contribution is 5.95. The molecule has 1 N–H and O–H groups in total. The Morgan fingerprint density at radius 2 is 1.91 bits per heavy atom. The van der Waals surface area contributed by atoms with Gasteiger partial charge in [-0.05, 0) is 49.9 Å². The Labute approximate surface area is 187 Å². The number of anilines is 1. The molecule has 5 rings (SSSR count). The molecular weight excluding hydrogens is 433 g/mol. The summed E-state index contributed by atoms with van der Waals surface area (Å²) in [4.78, 5) is 22.6. The van der Waals surface area contributed by atoms with Gasteiger partial charge in [0, 0.05) is 49.5 Å². The van der Waals surface area contributed by atoms with Crippen LogP contribution in [0.2, 0.25) is 0 Å². The van der Waals surface area contributed by atoms with Crippen LogP contribution in [0.15, 0.2) is 55.1 Å². The van der Waals surface area contributed by atoms with Gasteiger partial charge in [0.2, 0.25) is 0 Å². The molecule has 0 unspecified atom stereocenters. The highest BCUT2D eigenvalue weighted by atomic mass is 19.4. The van der Waals surface area contributed by atoms with Crippen LogP contribution in [0.3, 0.4) is 0 Å². The minimum Gasteiger partial charge on any atom is -0.358 e. The van der Waals surface area contributed by atoms with E-state index in [-0.39, 0.29) is 23.6 Å². The summed E-state index contributed by atoms with van der Waals surface area (Å²) in [5.41, 5.74) is 0.654. The van der Waals surface area contributed by atoms with E-state index in [0.29, 0.717) is 11.4 Å². The molecule has 0 spiro atoms. The zero-order chi connectivity index (χ0) is 23.2. The number of nitrogens with one attached hydrogen (secondary N) is 1. The maximum Gasteiger partial charge on any atom is 0.434 e. The van der Waals surface area contributed by atoms with E-state index in [0.717, 1.165) is 37.5 Å². The Morgan fingerprint density at radius 3 is 2.67 bits per heavy atom. The summed E-state index contributed by atoms with van der Waals surface area (Å²) in [5.74, 6) is 0.538. The zero-order valence-electron chi connectivity index (χ0n) is 18.0. The molecule has 0 aromatic carbocycles. The predicted molar refractivity (Wildman–Crippen MR) is 117 cm³/mol. The van der Waals surface area contributed by atoms with Crippen LogP contribution < -0.4 is 10.2 Å². The molecule has 0 saturated heterocycles. The molecule has 1 aliphatic carbocycles. The van der Waals surface area contributed by atoms with Crippen molar-refractivity contribution < 1.29 is 18.0 Å². The molecule has 0 aliphatic heterocycles. The van der Waals surface area contributed by atoms with Crippen molar-refractivity contribution in [2.75, 3.05) is 11.9 Å². The summed E-state index contributed by atoms with van der Waals surface area (Å²) < 4.78 is 42.7. The van der Waals surface area contributed by atoms with Gasteiger partial charge in [0.25, 0.3) is 5.91 Å². The zero-order valence-corrected chi connectivity index (χ0v) is 18.0. The summed E-state index contributed by atoms with van der Waals surface area (Å²) in [6.45, 7) is 0. The number of rotatable bonds is 4. The minimum atomic E-state index is -4.49. The number of amides is 1. The van der Waals surface area contributed by atoms with Crippen LogP contribution in [0.4, 0.5) is 19.0 Å². The number of imidazole rings is 2. The Bertz CT molecular complexity index is 1300. The Kier molecular flexibility index (Phi) is 5.22. The normalized spacial score (nSPS) is 19.2. The van der Waals surface area contributed by atoms with Crippen LogP contribution in [-0.4, -0.2) is 43.8 Å². The first-order valence-corrected chi connectivity index (χ1v) is 10.8. The lowest BCUT2D eigenvalue weighted by atomic mass is 9.90. The van der Waals surface area contributed by atoms with Crippen LogP contribution in [0.5, 0.6) is 0 Å². The van der Waals surface area contributed by atoms with Gasteiger partial charge in [-0.2, -0.15) is 13.2 Å². The van der Waals surface area contributed by atoms with E-state index >= 15 is 0 Å². The third-order valence-electron chi connectivity index (χ3n) is 6.36. The van der Waals surface area contributed by atoms with Crippen molar-refractivity contribution in [2.24, 2.45) is 0 Å². The summed E-state index contributed by atoms with van der Waals surface area (Å²) >= 11 is 0. The Balaban J connectivity index is 1.24. The number of carbonyl (C=O) groups is 1. The summed E-state index contributed by atoms with van der Waals surface area (Å²) in [6.07, 6.45) is 5.09. The number of pyridine rings is 2.